The molecule has 176 valence electrons. The first-order valence-electron chi connectivity index (χ1n) is 11.6. The van der Waals surface area contributed by atoms with Crippen LogP contribution in [0.1, 0.15) is 39.9 Å². The Balaban J connectivity index is 1.67. The van der Waals surface area contributed by atoms with Crippen LogP contribution in [-0.4, -0.2) is 72.1 Å². The van der Waals surface area contributed by atoms with Gasteiger partial charge in [0.05, 0.1) is 24.8 Å². The van der Waals surface area contributed by atoms with Gasteiger partial charge in [0.25, 0.3) is 0 Å². The molecular formula is C23H32N8O2. The molecule has 1 fully saturated rings. The van der Waals surface area contributed by atoms with Gasteiger partial charge in [0.2, 0.25) is 5.91 Å². The molecule has 10 nitrogen and oxygen atoms in total. The first kappa shape index (κ1) is 23.0. The Morgan fingerprint density at radius 3 is 2.64 bits per heavy atom. The van der Waals surface area contributed by atoms with Crippen molar-refractivity contribution in [2.75, 3.05) is 25.1 Å². The lowest BCUT2D eigenvalue weighted by Crippen LogP contribution is -2.55. The van der Waals surface area contributed by atoms with E-state index in [1.165, 1.54) is 6.33 Å². The normalized spacial score (nSPS) is 17.5. The summed E-state index contributed by atoms with van der Waals surface area (Å²) in [6.45, 7) is 12.5. The predicted octanol–water partition coefficient (Wildman–Crippen LogP) is 2.69. The highest BCUT2D eigenvalue weighted by Crippen LogP contribution is 2.27. The summed E-state index contributed by atoms with van der Waals surface area (Å²) in [6.07, 6.45) is 5.66. The number of morpholine rings is 1. The van der Waals surface area contributed by atoms with Crippen LogP contribution in [0.5, 0.6) is 0 Å². The van der Waals surface area contributed by atoms with Crippen molar-refractivity contribution in [3.05, 3.63) is 24.5 Å². The summed E-state index contributed by atoms with van der Waals surface area (Å²) in [5.74, 6) is 2.36. The average Bonchev–Trinajstić information content (AvgIpc) is 3.22. The van der Waals surface area contributed by atoms with E-state index in [0.717, 1.165) is 11.4 Å². The highest BCUT2D eigenvalue weighted by Gasteiger charge is 2.33. The maximum atomic E-state index is 13.5. The third-order valence-corrected chi connectivity index (χ3v) is 6.12. The van der Waals surface area contributed by atoms with Gasteiger partial charge in [-0.2, -0.15) is 0 Å². The maximum Gasteiger partial charge on any atom is 0.245 e. The number of hydrogen-bond donors (Lipinski definition) is 1. The number of hydrogen-bond acceptors (Lipinski definition) is 8. The van der Waals surface area contributed by atoms with Crippen LogP contribution in [0.3, 0.4) is 0 Å². The van der Waals surface area contributed by atoms with E-state index in [1.54, 1.807) is 12.4 Å². The number of carbonyl (C=O) groups excluding carboxylic acids is 1. The second-order valence-corrected chi connectivity index (χ2v) is 8.62. The zero-order chi connectivity index (χ0) is 23.5. The molecule has 1 amide bonds. The topological polar surface area (TPSA) is 111 Å². The number of nitrogens with one attached hydrogen (secondary N) is 1. The molecular weight excluding hydrogens is 420 g/mol. The van der Waals surface area contributed by atoms with Crippen molar-refractivity contribution in [1.82, 2.24) is 34.4 Å². The molecule has 1 aliphatic heterocycles. The molecule has 0 radical (unpaired) electrons. The lowest BCUT2D eigenvalue weighted by Gasteiger charge is -2.39. The van der Waals surface area contributed by atoms with Gasteiger partial charge in [0, 0.05) is 25.5 Å². The fraction of sp³-hybridized carbons (Fsp3) is 0.565. The molecule has 2 atom stereocenters. The van der Waals surface area contributed by atoms with Crippen LogP contribution in [0.4, 0.5) is 5.82 Å². The van der Waals surface area contributed by atoms with Crippen LogP contribution in [0.25, 0.3) is 22.6 Å². The fourth-order valence-electron chi connectivity index (χ4n) is 4.22. The summed E-state index contributed by atoms with van der Waals surface area (Å²) in [6, 6.07) is -0.347. The van der Waals surface area contributed by atoms with Crippen molar-refractivity contribution >= 4 is 22.9 Å². The molecule has 10 heteroatoms. The lowest BCUT2D eigenvalue weighted by molar-refractivity contribution is -0.142. The van der Waals surface area contributed by atoms with Gasteiger partial charge in [-0.25, -0.2) is 24.9 Å². The van der Waals surface area contributed by atoms with Crippen molar-refractivity contribution < 1.29 is 9.53 Å². The molecule has 1 aliphatic rings. The van der Waals surface area contributed by atoms with E-state index < -0.39 is 6.04 Å². The van der Waals surface area contributed by atoms with Gasteiger partial charge >= 0.3 is 0 Å². The first-order chi connectivity index (χ1) is 15.9. The molecule has 0 spiro atoms. The predicted molar refractivity (Wildman–Crippen MR) is 126 cm³/mol. The summed E-state index contributed by atoms with van der Waals surface area (Å²) in [7, 11) is 0. The minimum atomic E-state index is -0.416. The Labute approximate surface area is 193 Å². The molecule has 1 N–H and O–H groups in total. The van der Waals surface area contributed by atoms with Crippen LogP contribution >= 0.6 is 0 Å². The smallest absolute Gasteiger partial charge is 0.245 e. The molecule has 0 saturated carbocycles. The van der Waals surface area contributed by atoms with E-state index in [-0.39, 0.29) is 11.9 Å². The van der Waals surface area contributed by atoms with Gasteiger partial charge in [-0.3, -0.25) is 4.79 Å². The summed E-state index contributed by atoms with van der Waals surface area (Å²) in [5.41, 5.74) is 2.14. The largest absolute Gasteiger partial charge is 0.377 e. The van der Waals surface area contributed by atoms with Crippen LogP contribution in [-0.2, 0) is 16.1 Å². The van der Waals surface area contributed by atoms with Crippen LogP contribution < -0.4 is 5.32 Å². The van der Waals surface area contributed by atoms with Gasteiger partial charge in [-0.1, -0.05) is 20.8 Å². The SMILES string of the molecule is CC[C@@H](Nc1ncnc2c1nc(-c1cnc(C)nc1)n2CC)C(=O)N1CCOCC1C(C)C. The lowest BCUT2D eigenvalue weighted by atomic mass is 10.0. The molecule has 0 aliphatic carbocycles. The summed E-state index contributed by atoms with van der Waals surface area (Å²) in [5, 5.41) is 3.36. The number of imidazole rings is 1. The number of aromatic nitrogens is 6. The number of fused-ring (bicyclic) bond motifs is 1. The van der Waals surface area contributed by atoms with Gasteiger partial charge in [-0.05, 0) is 26.2 Å². The molecule has 3 aromatic rings. The summed E-state index contributed by atoms with van der Waals surface area (Å²) < 4.78 is 7.64. The van der Waals surface area contributed by atoms with Crippen molar-refractivity contribution in [3.63, 3.8) is 0 Å². The Bertz CT molecular complexity index is 1110. The molecule has 33 heavy (non-hydrogen) atoms. The van der Waals surface area contributed by atoms with E-state index in [9.17, 15) is 4.79 Å². The standard InChI is InChI=1S/C23H32N8O2/c1-6-17(23(32)31-8-9-33-12-18(31)14(3)4)28-20-19-22(27-13-26-20)30(7-2)21(29-19)16-10-24-15(5)25-11-16/h10-11,13-14,17-18H,6-9,12H2,1-5H3,(H,26,27,28)/t17-,18?/m1/s1. The zero-order valence-corrected chi connectivity index (χ0v) is 19.9. The van der Waals surface area contributed by atoms with Crippen LogP contribution in [0, 0.1) is 12.8 Å². The summed E-state index contributed by atoms with van der Waals surface area (Å²) in [4.78, 5) is 37.8. The molecule has 3 aromatic heterocycles. The number of aryl methyl sites for hydroxylation is 2. The van der Waals surface area contributed by atoms with Gasteiger partial charge in [0.15, 0.2) is 17.0 Å². The van der Waals surface area contributed by atoms with Gasteiger partial charge < -0.3 is 19.5 Å². The van der Waals surface area contributed by atoms with E-state index in [0.29, 0.717) is 61.4 Å². The van der Waals surface area contributed by atoms with Crippen molar-refractivity contribution in [2.24, 2.45) is 5.92 Å². The van der Waals surface area contributed by atoms with Gasteiger partial charge in [0.1, 0.15) is 24.0 Å². The molecule has 4 rings (SSSR count). The average molecular weight is 453 g/mol. The quantitative estimate of drug-likeness (QED) is 0.582. The molecule has 1 saturated heterocycles. The highest BCUT2D eigenvalue weighted by atomic mass is 16.5. The minimum Gasteiger partial charge on any atom is -0.377 e. The van der Waals surface area contributed by atoms with E-state index in [4.69, 9.17) is 9.72 Å². The molecule has 0 bridgehead atoms. The number of nitrogens with zero attached hydrogens (tertiary/aromatic N) is 7. The van der Waals surface area contributed by atoms with Gasteiger partial charge in [-0.15, -0.1) is 0 Å². The number of amides is 1. The molecule has 4 heterocycles. The number of ether oxygens (including phenoxy) is 1. The van der Waals surface area contributed by atoms with Crippen molar-refractivity contribution in [3.8, 4) is 11.4 Å². The second-order valence-electron chi connectivity index (χ2n) is 8.62. The Morgan fingerprint density at radius 1 is 1.21 bits per heavy atom. The Kier molecular flexibility index (Phi) is 6.83. The number of rotatable bonds is 7. The van der Waals surface area contributed by atoms with E-state index >= 15 is 0 Å². The number of carbonyl (C=O) groups is 1. The maximum absolute atomic E-state index is 13.5. The first-order valence-corrected chi connectivity index (χ1v) is 11.6. The Morgan fingerprint density at radius 2 is 1.97 bits per heavy atom. The van der Waals surface area contributed by atoms with E-state index in [1.807, 2.05) is 30.2 Å². The zero-order valence-electron chi connectivity index (χ0n) is 19.9. The third-order valence-electron chi connectivity index (χ3n) is 6.12. The van der Waals surface area contributed by atoms with E-state index in [2.05, 4.69) is 39.1 Å². The molecule has 0 aromatic carbocycles. The second kappa shape index (κ2) is 9.78. The molecule has 1 unspecified atom stereocenters. The third kappa shape index (κ3) is 4.52. The van der Waals surface area contributed by atoms with Crippen molar-refractivity contribution in [2.45, 2.75) is 59.7 Å². The minimum absolute atomic E-state index is 0.0633. The monoisotopic (exact) mass is 452 g/mol. The highest BCUT2D eigenvalue weighted by molar-refractivity contribution is 5.90. The van der Waals surface area contributed by atoms with Crippen LogP contribution in [0.15, 0.2) is 18.7 Å². The summed E-state index contributed by atoms with van der Waals surface area (Å²) >= 11 is 0. The fourth-order valence-corrected chi connectivity index (χ4v) is 4.22. The number of anilines is 1. The van der Waals surface area contributed by atoms with Crippen molar-refractivity contribution in [1.29, 1.82) is 0 Å². The van der Waals surface area contributed by atoms with Crippen LogP contribution in [0.2, 0.25) is 0 Å². The Hall–Kier alpha value is -3.14.